The predicted molar refractivity (Wildman–Crippen MR) is 69.6 cm³/mol. The summed E-state index contributed by atoms with van der Waals surface area (Å²) < 4.78 is 11.0. The van der Waals surface area contributed by atoms with E-state index in [0.29, 0.717) is 12.8 Å². The van der Waals surface area contributed by atoms with Crippen LogP contribution in [0.2, 0.25) is 0 Å². The molecule has 0 rings (SSSR count). The van der Waals surface area contributed by atoms with Crippen LogP contribution in [-0.2, 0) is 18.9 Å². The van der Waals surface area contributed by atoms with Gasteiger partial charge in [-0.3, -0.25) is 19.4 Å². The molecule has 20 heavy (non-hydrogen) atoms. The van der Waals surface area contributed by atoms with Crippen LogP contribution < -0.4 is 0 Å². The van der Waals surface area contributed by atoms with E-state index in [0.717, 1.165) is 6.66 Å². The molecule has 0 aliphatic rings. The second-order valence-corrected chi connectivity index (χ2v) is 6.76. The van der Waals surface area contributed by atoms with Gasteiger partial charge in [-0.1, -0.05) is 19.8 Å². The lowest BCUT2D eigenvalue weighted by Gasteiger charge is -2.22. The van der Waals surface area contributed by atoms with E-state index in [-0.39, 0.29) is 11.5 Å². The summed E-state index contributed by atoms with van der Waals surface area (Å²) in [4.78, 5) is 42.7. The van der Waals surface area contributed by atoms with Gasteiger partial charge in [-0.25, -0.2) is 9.86 Å². The van der Waals surface area contributed by atoms with Gasteiger partial charge in [-0.2, -0.15) is 0 Å². The van der Waals surface area contributed by atoms with Crippen molar-refractivity contribution in [2.24, 2.45) is 0 Å². The van der Waals surface area contributed by atoms with Crippen molar-refractivity contribution in [1.29, 1.82) is 0 Å². The van der Waals surface area contributed by atoms with Gasteiger partial charge >= 0.3 is 5.97 Å². The van der Waals surface area contributed by atoms with Crippen molar-refractivity contribution in [3.63, 3.8) is 0 Å². The average Bonchev–Trinajstić information content (AvgIpc) is 2.33. The minimum Gasteiger partial charge on any atom is -0.480 e. The number of hydrogen-bond acceptors (Lipinski definition) is 5. The second kappa shape index (κ2) is 8.14. The van der Waals surface area contributed by atoms with Gasteiger partial charge in [0.15, 0.2) is 6.04 Å². The van der Waals surface area contributed by atoms with Gasteiger partial charge in [0, 0.05) is 19.5 Å². The first-order valence-electron chi connectivity index (χ1n) is 6.18. The third-order valence-electron chi connectivity index (χ3n) is 2.68. The zero-order valence-electron chi connectivity index (χ0n) is 11.5. The number of amides is 1. The first-order valence-corrected chi connectivity index (χ1v) is 8.29. The van der Waals surface area contributed by atoms with E-state index < -0.39 is 43.7 Å². The number of hydroxylamine groups is 2. The predicted octanol–water partition coefficient (Wildman–Crippen LogP) is 1.05. The molecular formula is C11H20NO7P. The molecule has 8 nitrogen and oxygen atoms in total. The van der Waals surface area contributed by atoms with E-state index in [2.05, 4.69) is 0 Å². The van der Waals surface area contributed by atoms with E-state index in [1.807, 2.05) is 6.92 Å². The number of carbonyl (C=O) groups excluding carboxylic acids is 2. The van der Waals surface area contributed by atoms with Crippen LogP contribution in [0.5, 0.6) is 0 Å². The van der Waals surface area contributed by atoms with Crippen LogP contribution in [0.3, 0.4) is 0 Å². The number of carbonyl (C=O) groups is 3. The Hall–Kier alpha value is -1.24. The van der Waals surface area contributed by atoms with Gasteiger partial charge in [0.1, 0.15) is 0 Å². The van der Waals surface area contributed by atoms with Crippen molar-refractivity contribution in [3.8, 4) is 0 Å². The molecule has 0 saturated heterocycles. The van der Waals surface area contributed by atoms with E-state index >= 15 is 0 Å². The molecule has 0 saturated carbocycles. The Morgan fingerprint density at radius 3 is 2.20 bits per heavy atom. The smallest absolute Gasteiger partial charge is 0.329 e. The lowest BCUT2D eigenvalue weighted by Crippen LogP contribution is -2.42. The highest BCUT2D eigenvalue weighted by molar-refractivity contribution is 7.74. The van der Waals surface area contributed by atoms with E-state index in [1.165, 1.54) is 0 Å². The summed E-state index contributed by atoms with van der Waals surface area (Å²) in [6.45, 7) is 2.69. The van der Waals surface area contributed by atoms with Gasteiger partial charge < -0.3 is 10.00 Å². The Morgan fingerprint density at radius 2 is 1.80 bits per heavy atom. The van der Waals surface area contributed by atoms with Gasteiger partial charge in [0.05, 0.1) is 0 Å². The van der Waals surface area contributed by atoms with Gasteiger partial charge in [0.2, 0.25) is 11.4 Å². The molecule has 0 bridgehead atoms. The van der Waals surface area contributed by atoms with Crippen LogP contribution in [0.25, 0.3) is 0 Å². The summed E-state index contributed by atoms with van der Waals surface area (Å²) in [5.41, 5.74) is -0.986. The molecule has 2 atom stereocenters. The molecule has 2 unspecified atom stereocenters. The summed E-state index contributed by atoms with van der Waals surface area (Å²) in [7, 11) is -3.91. The molecule has 0 aromatic carbocycles. The molecule has 0 radical (unpaired) electrons. The number of unbranched alkanes of at least 4 members (excludes halogenated alkanes) is 1. The van der Waals surface area contributed by atoms with E-state index in [4.69, 9.17) is 10.00 Å². The minimum atomic E-state index is -3.91. The Bertz CT molecular complexity index is 417. The Morgan fingerprint density at radius 1 is 1.25 bits per heavy atom. The molecule has 0 aromatic rings. The Kier molecular flexibility index (Phi) is 7.63. The van der Waals surface area contributed by atoms with E-state index in [9.17, 15) is 24.2 Å². The maximum absolute atomic E-state index is 11.6. The Balaban J connectivity index is 4.55. The monoisotopic (exact) mass is 309 g/mol. The van der Waals surface area contributed by atoms with Crippen molar-refractivity contribution in [2.75, 3.05) is 6.66 Å². The number of rotatable bonds is 9. The molecule has 0 aliphatic carbocycles. The molecule has 0 fully saturated rings. The zero-order valence-corrected chi connectivity index (χ0v) is 12.4. The molecule has 0 heterocycles. The largest absolute Gasteiger partial charge is 0.480 e. The average molecular weight is 309 g/mol. The molecule has 0 spiro atoms. The highest BCUT2D eigenvalue weighted by Gasteiger charge is 2.29. The molecule has 9 heteroatoms. The normalized spacial score (nSPS) is 15.2. The number of carboxylic acid groups (broad SMARTS) is 1. The van der Waals surface area contributed by atoms with Crippen molar-refractivity contribution in [3.05, 3.63) is 0 Å². The van der Waals surface area contributed by atoms with E-state index in [1.54, 1.807) is 0 Å². The van der Waals surface area contributed by atoms with Gasteiger partial charge in [0.25, 0.3) is 7.37 Å². The molecule has 1 amide bonds. The highest BCUT2D eigenvalue weighted by Crippen LogP contribution is 2.37. The fraction of sp³-hybridized carbons (Fsp3) is 0.727. The van der Waals surface area contributed by atoms with Crippen molar-refractivity contribution in [1.82, 2.24) is 5.06 Å². The first-order chi connectivity index (χ1) is 9.11. The quantitative estimate of drug-likeness (QED) is 0.329. The number of nitrogens with zero attached hydrogens (tertiary/aromatic N) is 1. The molecular weight excluding hydrogens is 289 g/mol. The van der Waals surface area contributed by atoms with Crippen molar-refractivity contribution >= 4 is 24.8 Å². The molecule has 3 N–H and O–H groups in total. The summed E-state index contributed by atoms with van der Waals surface area (Å²) >= 11 is 0. The van der Waals surface area contributed by atoms with Crippen LogP contribution in [-0.4, -0.2) is 50.4 Å². The van der Waals surface area contributed by atoms with Gasteiger partial charge in [-0.05, 0) is 6.42 Å². The number of aliphatic carboxylic acids is 1. The standard InChI is InChI=1S/C11H20NO7P/c1-3-4-5-8(11(15)16)12(17)9(13)6-7-10(14)20(2,18)19/h8,17H,3-7H2,1-2H3,(H,15,16)(H,18,19). The van der Waals surface area contributed by atoms with Crippen LogP contribution in [0, 0.1) is 0 Å². The molecule has 0 aliphatic heterocycles. The lowest BCUT2D eigenvalue weighted by molar-refractivity contribution is -0.186. The summed E-state index contributed by atoms with van der Waals surface area (Å²) in [5, 5.41) is 18.6. The van der Waals surface area contributed by atoms with Crippen LogP contribution >= 0.6 is 7.37 Å². The number of hydrogen-bond donors (Lipinski definition) is 3. The van der Waals surface area contributed by atoms with Gasteiger partial charge in [-0.15, -0.1) is 0 Å². The fourth-order valence-corrected chi connectivity index (χ4v) is 1.98. The third-order valence-corrected chi connectivity index (χ3v) is 3.83. The fourth-order valence-electron chi connectivity index (χ4n) is 1.46. The maximum atomic E-state index is 11.6. The van der Waals surface area contributed by atoms with Crippen LogP contribution in [0.4, 0.5) is 0 Å². The van der Waals surface area contributed by atoms with Crippen LogP contribution in [0.15, 0.2) is 0 Å². The minimum absolute atomic E-state index is 0.0865. The summed E-state index contributed by atoms with van der Waals surface area (Å²) in [6, 6.07) is -1.37. The topological polar surface area (TPSA) is 132 Å². The lowest BCUT2D eigenvalue weighted by atomic mass is 10.1. The third kappa shape index (κ3) is 6.27. The summed E-state index contributed by atoms with van der Waals surface area (Å²) in [5.74, 6) is -2.31. The maximum Gasteiger partial charge on any atom is 0.329 e. The highest BCUT2D eigenvalue weighted by atomic mass is 31.2. The SMILES string of the molecule is CCCCC(C(=O)O)N(O)C(=O)CCC(=O)P(C)(=O)O. The van der Waals surface area contributed by atoms with Crippen molar-refractivity contribution in [2.45, 2.75) is 45.1 Å². The van der Waals surface area contributed by atoms with Crippen LogP contribution in [0.1, 0.15) is 39.0 Å². The zero-order chi connectivity index (χ0) is 15.9. The van der Waals surface area contributed by atoms with Crippen molar-refractivity contribution < 1.29 is 34.2 Å². The summed E-state index contributed by atoms with van der Waals surface area (Å²) in [6.07, 6.45) is 0.285. The molecule has 116 valence electrons. The first kappa shape index (κ1) is 18.8. The number of carboxylic acids is 1. The second-order valence-electron chi connectivity index (χ2n) is 4.51. The Labute approximate surface area is 116 Å². The molecule has 0 aromatic heterocycles.